The van der Waals surface area contributed by atoms with E-state index in [-0.39, 0.29) is 5.91 Å². The fourth-order valence-electron chi connectivity index (χ4n) is 3.40. The normalized spacial score (nSPS) is 13.4. The van der Waals surface area contributed by atoms with E-state index in [2.05, 4.69) is 15.0 Å². The number of aromatic nitrogens is 3. The number of hydrogen-bond acceptors (Lipinski definition) is 4. The van der Waals surface area contributed by atoms with Gasteiger partial charge in [-0.1, -0.05) is 11.6 Å². The maximum absolute atomic E-state index is 12.2. The summed E-state index contributed by atoms with van der Waals surface area (Å²) in [5.41, 5.74) is 4.81. The number of halogens is 1. The largest absolute Gasteiger partial charge is 0.349 e. The molecule has 0 spiro atoms. The predicted molar refractivity (Wildman–Crippen MR) is 104 cm³/mol. The molecule has 1 N–H and O–H groups in total. The zero-order valence-corrected chi connectivity index (χ0v) is 15.8. The molecule has 0 aromatic carbocycles. The first-order chi connectivity index (χ1) is 12.7. The molecule has 26 heavy (non-hydrogen) atoms. The van der Waals surface area contributed by atoms with Crippen molar-refractivity contribution in [2.24, 2.45) is 0 Å². The van der Waals surface area contributed by atoms with Crippen molar-refractivity contribution in [3.05, 3.63) is 57.1 Å². The molecule has 7 heteroatoms. The van der Waals surface area contributed by atoms with E-state index in [9.17, 15) is 4.79 Å². The Hall–Kier alpha value is -2.18. The Labute approximate surface area is 161 Å². The van der Waals surface area contributed by atoms with E-state index in [4.69, 9.17) is 16.7 Å². The summed E-state index contributed by atoms with van der Waals surface area (Å²) in [6.07, 6.45) is 8.10. The van der Waals surface area contributed by atoms with Gasteiger partial charge in [-0.3, -0.25) is 14.5 Å². The van der Waals surface area contributed by atoms with Gasteiger partial charge in [0.2, 0.25) is 0 Å². The van der Waals surface area contributed by atoms with Crippen molar-refractivity contribution in [2.75, 3.05) is 6.54 Å². The highest BCUT2D eigenvalue weighted by Gasteiger charge is 2.21. The number of rotatable bonds is 5. The van der Waals surface area contributed by atoms with Gasteiger partial charge in [0.25, 0.3) is 5.91 Å². The van der Waals surface area contributed by atoms with E-state index >= 15 is 0 Å². The minimum atomic E-state index is -0.0859. The van der Waals surface area contributed by atoms with Crippen LogP contribution in [0.1, 0.15) is 33.8 Å². The van der Waals surface area contributed by atoms with E-state index < -0.39 is 0 Å². The van der Waals surface area contributed by atoms with E-state index in [0.29, 0.717) is 22.3 Å². The first-order valence-electron chi connectivity index (χ1n) is 8.75. The number of fused-ring (bicyclic) bond motifs is 1. The van der Waals surface area contributed by atoms with Crippen molar-refractivity contribution in [3.63, 3.8) is 0 Å². The summed E-state index contributed by atoms with van der Waals surface area (Å²) in [5, 5.41) is 7.81. The SMILES string of the molecule is O=C(NCCn1nc(-c2ccncc2)c2c1CCCC2)c1ccc(Cl)s1. The number of carbonyl (C=O) groups excluding carboxylic acids is 1. The van der Waals surface area contributed by atoms with Crippen molar-refractivity contribution in [1.82, 2.24) is 20.1 Å². The summed E-state index contributed by atoms with van der Waals surface area (Å²) < 4.78 is 2.68. The minimum Gasteiger partial charge on any atom is -0.349 e. The maximum atomic E-state index is 12.2. The minimum absolute atomic E-state index is 0.0859. The number of nitrogens with one attached hydrogen (secondary N) is 1. The van der Waals surface area contributed by atoms with Crippen LogP contribution in [0.25, 0.3) is 11.3 Å². The fourth-order valence-corrected chi connectivity index (χ4v) is 4.36. The maximum Gasteiger partial charge on any atom is 0.261 e. The standard InChI is InChI=1S/C19H19ClN4OS/c20-17-6-5-16(26-17)19(25)22-11-12-24-15-4-2-1-3-14(15)18(23-24)13-7-9-21-10-8-13/h5-10H,1-4,11-12H2,(H,22,25). The van der Waals surface area contributed by atoms with Gasteiger partial charge in [0, 0.05) is 35.8 Å². The van der Waals surface area contributed by atoms with Gasteiger partial charge >= 0.3 is 0 Å². The molecule has 3 aromatic rings. The molecule has 1 amide bonds. The average molecular weight is 387 g/mol. The molecule has 1 aliphatic carbocycles. The van der Waals surface area contributed by atoms with Crippen molar-refractivity contribution < 1.29 is 4.79 Å². The highest BCUT2D eigenvalue weighted by atomic mass is 35.5. The van der Waals surface area contributed by atoms with E-state index in [0.717, 1.165) is 24.1 Å². The molecule has 3 heterocycles. The first-order valence-corrected chi connectivity index (χ1v) is 9.94. The fraction of sp³-hybridized carbons (Fsp3) is 0.316. The van der Waals surface area contributed by atoms with Crippen molar-refractivity contribution in [1.29, 1.82) is 0 Å². The lowest BCUT2D eigenvalue weighted by molar-refractivity contribution is 0.0956. The highest BCUT2D eigenvalue weighted by molar-refractivity contribution is 7.17. The Morgan fingerprint density at radius 2 is 2.00 bits per heavy atom. The summed E-state index contributed by atoms with van der Waals surface area (Å²) in [6, 6.07) is 7.50. The van der Waals surface area contributed by atoms with Crippen LogP contribution in [-0.4, -0.2) is 27.2 Å². The van der Waals surface area contributed by atoms with Crippen LogP contribution >= 0.6 is 22.9 Å². The predicted octanol–water partition coefficient (Wildman–Crippen LogP) is 3.97. The highest BCUT2D eigenvalue weighted by Crippen LogP contribution is 2.30. The summed E-state index contributed by atoms with van der Waals surface area (Å²) in [5.74, 6) is -0.0859. The van der Waals surface area contributed by atoms with Crippen LogP contribution in [-0.2, 0) is 19.4 Å². The lowest BCUT2D eigenvalue weighted by atomic mass is 9.94. The van der Waals surface area contributed by atoms with Crippen LogP contribution in [0.2, 0.25) is 4.34 Å². The monoisotopic (exact) mass is 386 g/mol. The van der Waals surface area contributed by atoms with E-state index in [1.165, 1.54) is 35.4 Å². The van der Waals surface area contributed by atoms with E-state index in [1.807, 2.05) is 12.1 Å². The summed E-state index contributed by atoms with van der Waals surface area (Å²) in [7, 11) is 0. The first kappa shape index (κ1) is 17.2. The Bertz CT molecular complexity index is 919. The number of nitrogens with zero attached hydrogens (tertiary/aromatic N) is 3. The molecular weight excluding hydrogens is 368 g/mol. The molecule has 3 aromatic heterocycles. The van der Waals surface area contributed by atoms with Crippen molar-refractivity contribution >= 4 is 28.8 Å². The molecule has 0 fully saturated rings. The Morgan fingerprint density at radius 1 is 1.19 bits per heavy atom. The van der Waals surface area contributed by atoms with Gasteiger partial charge in [-0.2, -0.15) is 5.10 Å². The van der Waals surface area contributed by atoms with Gasteiger partial charge in [-0.25, -0.2) is 0 Å². The molecular formula is C19H19ClN4OS. The summed E-state index contributed by atoms with van der Waals surface area (Å²) >= 11 is 7.19. The van der Waals surface area contributed by atoms with Crippen molar-refractivity contribution in [2.45, 2.75) is 32.2 Å². The molecule has 0 saturated heterocycles. The molecule has 0 aliphatic heterocycles. The average Bonchev–Trinajstić information content (AvgIpc) is 3.27. The van der Waals surface area contributed by atoms with Crippen LogP contribution < -0.4 is 5.32 Å². The second kappa shape index (κ2) is 7.60. The number of hydrogen-bond donors (Lipinski definition) is 1. The second-order valence-electron chi connectivity index (χ2n) is 6.30. The van der Waals surface area contributed by atoms with Gasteiger partial charge in [0.05, 0.1) is 21.5 Å². The quantitative estimate of drug-likeness (QED) is 0.721. The lowest BCUT2D eigenvalue weighted by Crippen LogP contribution is -2.27. The molecule has 0 radical (unpaired) electrons. The van der Waals surface area contributed by atoms with Gasteiger partial charge in [0.1, 0.15) is 0 Å². The number of thiophene rings is 1. The number of pyridine rings is 1. The smallest absolute Gasteiger partial charge is 0.261 e. The zero-order valence-electron chi connectivity index (χ0n) is 14.2. The van der Waals surface area contributed by atoms with Crippen LogP contribution in [0.4, 0.5) is 0 Å². The number of amides is 1. The summed E-state index contributed by atoms with van der Waals surface area (Å²) in [4.78, 5) is 16.9. The molecule has 0 unspecified atom stereocenters. The molecule has 0 atom stereocenters. The number of carbonyl (C=O) groups is 1. The third kappa shape index (κ3) is 3.52. The van der Waals surface area contributed by atoms with Crippen LogP contribution in [0.15, 0.2) is 36.7 Å². The molecule has 134 valence electrons. The zero-order chi connectivity index (χ0) is 17.9. The molecule has 0 bridgehead atoms. The molecule has 0 saturated carbocycles. The lowest BCUT2D eigenvalue weighted by Gasteiger charge is -2.14. The van der Waals surface area contributed by atoms with Crippen LogP contribution in [0.5, 0.6) is 0 Å². The van der Waals surface area contributed by atoms with Crippen LogP contribution in [0, 0.1) is 0 Å². The third-order valence-electron chi connectivity index (χ3n) is 4.62. The van der Waals surface area contributed by atoms with Crippen molar-refractivity contribution in [3.8, 4) is 11.3 Å². The Morgan fingerprint density at radius 3 is 2.77 bits per heavy atom. The molecule has 1 aliphatic rings. The second-order valence-corrected chi connectivity index (χ2v) is 8.01. The Balaban J connectivity index is 1.50. The molecule has 5 nitrogen and oxygen atoms in total. The van der Waals surface area contributed by atoms with Gasteiger partial charge in [0.15, 0.2) is 0 Å². The van der Waals surface area contributed by atoms with Crippen LogP contribution in [0.3, 0.4) is 0 Å². The molecule has 4 rings (SSSR count). The Kier molecular flexibility index (Phi) is 5.04. The van der Waals surface area contributed by atoms with E-state index in [1.54, 1.807) is 24.5 Å². The van der Waals surface area contributed by atoms with Gasteiger partial charge in [-0.15, -0.1) is 11.3 Å². The van der Waals surface area contributed by atoms with Gasteiger partial charge < -0.3 is 5.32 Å². The summed E-state index contributed by atoms with van der Waals surface area (Å²) in [6.45, 7) is 1.20. The topological polar surface area (TPSA) is 59.8 Å². The third-order valence-corrected chi connectivity index (χ3v) is 5.85. The van der Waals surface area contributed by atoms with Gasteiger partial charge in [-0.05, 0) is 49.9 Å².